The summed E-state index contributed by atoms with van der Waals surface area (Å²) in [5, 5.41) is 1.08. The van der Waals surface area contributed by atoms with E-state index in [4.69, 9.17) is 20.2 Å². The number of nitrogens with two attached hydrogens (primary N) is 1. The largest absolute Gasteiger partial charge is 0.496 e. The molecule has 8 heteroatoms. The van der Waals surface area contributed by atoms with E-state index in [1.54, 1.807) is 26.2 Å². The molecule has 2 heterocycles. The van der Waals surface area contributed by atoms with Crippen molar-refractivity contribution in [2.75, 3.05) is 33.1 Å². The highest BCUT2D eigenvalue weighted by molar-refractivity contribution is 7.97. The van der Waals surface area contributed by atoms with Gasteiger partial charge in [0.2, 0.25) is 0 Å². The number of imidazole rings is 1. The van der Waals surface area contributed by atoms with Gasteiger partial charge in [-0.05, 0) is 55.5 Å². The summed E-state index contributed by atoms with van der Waals surface area (Å²) in [6.07, 6.45) is 2.78. The average Bonchev–Trinajstić information content (AvgIpc) is 3.19. The van der Waals surface area contributed by atoms with Crippen LogP contribution in [-0.2, 0) is 17.7 Å². The molecule has 0 amide bonds. The first-order chi connectivity index (χ1) is 16.1. The highest BCUT2D eigenvalue weighted by Gasteiger charge is 2.17. The number of unbranched alkanes of at least 4 members (excludes halogenated alkanes) is 1. The Morgan fingerprint density at radius 2 is 1.94 bits per heavy atom. The van der Waals surface area contributed by atoms with Gasteiger partial charge in [-0.2, -0.15) is 0 Å². The molecule has 0 atom stereocenters. The fraction of sp³-hybridized carbons (Fsp3) is 0.360. The molecule has 4 aromatic rings. The summed E-state index contributed by atoms with van der Waals surface area (Å²) in [6, 6.07) is 14.3. The second kappa shape index (κ2) is 10.9. The van der Waals surface area contributed by atoms with Gasteiger partial charge >= 0.3 is 0 Å². The van der Waals surface area contributed by atoms with Crippen molar-refractivity contribution in [3.63, 3.8) is 0 Å². The van der Waals surface area contributed by atoms with Gasteiger partial charge in [0.05, 0.1) is 29.6 Å². The van der Waals surface area contributed by atoms with Crippen LogP contribution in [0.4, 0.5) is 5.82 Å². The van der Waals surface area contributed by atoms with E-state index >= 15 is 0 Å². The lowest BCUT2D eigenvalue weighted by molar-refractivity contribution is 0.199. The Kier molecular flexibility index (Phi) is 7.69. The van der Waals surface area contributed by atoms with Crippen LogP contribution in [-0.4, -0.2) is 41.9 Å². The Hall–Kier alpha value is -2.81. The Balaban J connectivity index is 1.46. The van der Waals surface area contributed by atoms with Gasteiger partial charge in [-0.25, -0.2) is 9.97 Å². The van der Waals surface area contributed by atoms with E-state index in [1.165, 1.54) is 5.56 Å². The summed E-state index contributed by atoms with van der Waals surface area (Å²) in [6.45, 7) is 4.46. The van der Waals surface area contributed by atoms with E-state index in [1.807, 2.05) is 24.3 Å². The molecule has 0 spiro atoms. The summed E-state index contributed by atoms with van der Waals surface area (Å²) < 4.78 is 16.5. The quantitative estimate of drug-likeness (QED) is 0.244. The molecule has 0 saturated heterocycles. The van der Waals surface area contributed by atoms with Crippen LogP contribution < -0.4 is 15.2 Å². The van der Waals surface area contributed by atoms with Crippen molar-refractivity contribution in [3.8, 4) is 5.75 Å². The summed E-state index contributed by atoms with van der Waals surface area (Å²) >= 11 is 1.62. The second-order valence-corrected chi connectivity index (χ2v) is 8.92. The van der Waals surface area contributed by atoms with Crippen molar-refractivity contribution in [1.29, 1.82) is 0 Å². The third kappa shape index (κ3) is 5.24. The predicted octanol–water partition coefficient (Wildman–Crippen LogP) is 4.75. The number of benzene rings is 2. The van der Waals surface area contributed by atoms with Crippen LogP contribution in [0.3, 0.4) is 0 Å². The molecule has 33 heavy (non-hydrogen) atoms. The maximum absolute atomic E-state index is 6.28. The topological polar surface area (TPSA) is 87.2 Å². The highest BCUT2D eigenvalue weighted by atomic mass is 32.2. The third-order valence-electron chi connectivity index (χ3n) is 5.63. The standard InChI is InChI=1S/C25H31N5O2S/c1-17-10-11-20(32-3)21(16-17)33-27-13-6-7-14-30-22(12-15-31-2)29-23-24(30)18-8-4-5-9-19(18)28-25(23)26/h4-5,8-11,16,27H,6-7,12-15H2,1-3H3,(H2,26,28). The lowest BCUT2D eigenvalue weighted by atomic mass is 10.2. The van der Waals surface area contributed by atoms with Crippen LogP contribution in [0.2, 0.25) is 0 Å². The second-order valence-electron chi connectivity index (χ2n) is 7.99. The Bertz CT molecular complexity index is 1240. The number of nitrogen functional groups attached to an aromatic ring is 1. The van der Waals surface area contributed by atoms with Crippen molar-refractivity contribution in [2.24, 2.45) is 0 Å². The van der Waals surface area contributed by atoms with Gasteiger partial charge in [-0.15, -0.1) is 0 Å². The molecule has 7 nitrogen and oxygen atoms in total. The normalized spacial score (nSPS) is 11.5. The molecule has 0 aliphatic carbocycles. The number of aryl methyl sites for hydroxylation is 2. The number of ether oxygens (including phenoxy) is 2. The smallest absolute Gasteiger partial charge is 0.152 e. The lowest BCUT2D eigenvalue weighted by Crippen LogP contribution is -2.10. The molecule has 0 aliphatic rings. The van der Waals surface area contributed by atoms with Crippen LogP contribution in [0.1, 0.15) is 24.2 Å². The van der Waals surface area contributed by atoms with Crippen molar-refractivity contribution in [1.82, 2.24) is 19.3 Å². The van der Waals surface area contributed by atoms with Gasteiger partial charge in [0, 0.05) is 32.0 Å². The molecule has 4 rings (SSSR count). The first-order valence-corrected chi connectivity index (χ1v) is 12.0. The zero-order valence-electron chi connectivity index (χ0n) is 19.4. The number of anilines is 1. The number of para-hydroxylation sites is 1. The summed E-state index contributed by atoms with van der Waals surface area (Å²) in [7, 11) is 3.42. The van der Waals surface area contributed by atoms with Crippen molar-refractivity contribution in [2.45, 2.75) is 37.6 Å². The minimum atomic E-state index is 0.478. The van der Waals surface area contributed by atoms with Gasteiger partial charge < -0.3 is 19.8 Å². The molecule has 2 aromatic carbocycles. The SMILES string of the molecule is COCCc1nc2c(N)nc3ccccc3c2n1CCCCNSc1cc(C)ccc1OC. The number of hydrogen-bond acceptors (Lipinski definition) is 7. The van der Waals surface area contributed by atoms with Gasteiger partial charge in [0.25, 0.3) is 0 Å². The molecule has 3 N–H and O–H groups in total. The minimum Gasteiger partial charge on any atom is -0.496 e. The van der Waals surface area contributed by atoms with Gasteiger partial charge in [-0.3, -0.25) is 4.72 Å². The lowest BCUT2D eigenvalue weighted by Gasteiger charge is -2.12. The van der Waals surface area contributed by atoms with E-state index in [-0.39, 0.29) is 0 Å². The molecule has 2 aromatic heterocycles. The van der Waals surface area contributed by atoms with E-state index in [2.05, 4.69) is 39.4 Å². The molecular formula is C25H31N5O2S. The number of aromatic nitrogens is 3. The number of nitrogens with one attached hydrogen (secondary N) is 1. The van der Waals surface area contributed by atoms with Crippen LogP contribution in [0.15, 0.2) is 47.4 Å². The maximum Gasteiger partial charge on any atom is 0.152 e. The molecule has 0 unspecified atom stereocenters. The predicted molar refractivity (Wildman–Crippen MR) is 136 cm³/mol. The molecule has 0 saturated carbocycles. The van der Waals surface area contributed by atoms with E-state index in [0.29, 0.717) is 12.4 Å². The molecule has 174 valence electrons. The van der Waals surface area contributed by atoms with Crippen LogP contribution in [0, 0.1) is 6.92 Å². The number of nitrogens with zero attached hydrogens (tertiary/aromatic N) is 3. The molecule has 0 radical (unpaired) electrons. The zero-order valence-corrected chi connectivity index (χ0v) is 20.2. The monoisotopic (exact) mass is 465 g/mol. The first kappa shape index (κ1) is 23.4. The van der Waals surface area contributed by atoms with Crippen molar-refractivity contribution >= 4 is 39.7 Å². The fourth-order valence-electron chi connectivity index (χ4n) is 3.99. The van der Waals surface area contributed by atoms with Crippen molar-refractivity contribution < 1.29 is 9.47 Å². The molecular weight excluding hydrogens is 434 g/mol. The van der Waals surface area contributed by atoms with Gasteiger partial charge in [0.15, 0.2) is 5.82 Å². The molecule has 0 fully saturated rings. The van der Waals surface area contributed by atoms with E-state index < -0.39 is 0 Å². The average molecular weight is 466 g/mol. The molecule has 0 bridgehead atoms. The third-order valence-corrected chi connectivity index (χ3v) is 6.52. The minimum absolute atomic E-state index is 0.478. The van der Waals surface area contributed by atoms with Crippen LogP contribution in [0.25, 0.3) is 21.9 Å². The van der Waals surface area contributed by atoms with Crippen molar-refractivity contribution in [3.05, 3.63) is 53.9 Å². The fourth-order valence-corrected chi connectivity index (χ4v) is 4.89. The summed E-state index contributed by atoms with van der Waals surface area (Å²) in [5.74, 6) is 2.36. The first-order valence-electron chi connectivity index (χ1n) is 11.2. The molecule has 0 aliphatic heterocycles. The Labute approximate surface area is 198 Å². The van der Waals surface area contributed by atoms with Gasteiger partial charge in [-0.1, -0.05) is 24.3 Å². The number of pyridine rings is 1. The number of methoxy groups -OCH3 is 2. The van der Waals surface area contributed by atoms with Gasteiger partial charge in [0.1, 0.15) is 17.1 Å². The van der Waals surface area contributed by atoms with E-state index in [0.717, 1.165) is 70.8 Å². The number of hydrogen-bond donors (Lipinski definition) is 2. The Morgan fingerprint density at radius 1 is 1.09 bits per heavy atom. The summed E-state index contributed by atoms with van der Waals surface area (Å²) in [5.41, 5.74) is 10.2. The van der Waals surface area contributed by atoms with Crippen LogP contribution in [0.5, 0.6) is 5.75 Å². The number of rotatable bonds is 11. The number of fused-ring (bicyclic) bond motifs is 3. The Morgan fingerprint density at radius 3 is 2.76 bits per heavy atom. The highest BCUT2D eigenvalue weighted by Crippen LogP contribution is 2.30. The van der Waals surface area contributed by atoms with E-state index in [9.17, 15) is 0 Å². The van der Waals surface area contributed by atoms with Crippen LogP contribution >= 0.6 is 11.9 Å². The maximum atomic E-state index is 6.28. The zero-order chi connectivity index (χ0) is 23.2. The summed E-state index contributed by atoms with van der Waals surface area (Å²) in [4.78, 5) is 10.5.